The zero-order valence-corrected chi connectivity index (χ0v) is 9.24. The van der Waals surface area contributed by atoms with Crippen LogP contribution in [0.3, 0.4) is 0 Å². The number of methoxy groups -OCH3 is 1. The summed E-state index contributed by atoms with van der Waals surface area (Å²) in [5.74, 6) is -0.373. The summed E-state index contributed by atoms with van der Waals surface area (Å²) >= 11 is 4.92. The Hall–Kier alpha value is -0.350. The second-order valence-corrected chi connectivity index (χ2v) is 4.18. The van der Waals surface area contributed by atoms with Gasteiger partial charge in [-0.3, -0.25) is 4.79 Å². The highest BCUT2D eigenvalue weighted by atomic mass is 79.9. The minimum absolute atomic E-state index is 0.177. The van der Waals surface area contributed by atoms with E-state index in [4.69, 9.17) is 0 Å². The third kappa shape index (κ3) is 1.87. The Labute approximate surface area is 83.7 Å². The van der Waals surface area contributed by atoms with Gasteiger partial charge in [0.15, 0.2) is 0 Å². The molecule has 12 heavy (non-hydrogen) atoms. The fourth-order valence-electron chi connectivity index (χ4n) is 0.898. The summed E-state index contributed by atoms with van der Waals surface area (Å²) in [5.41, 5.74) is 0. The van der Waals surface area contributed by atoms with E-state index in [-0.39, 0.29) is 11.9 Å². The van der Waals surface area contributed by atoms with Gasteiger partial charge in [-0.15, -0.1) is 11.3 Å². The molecule has 0 saturated heterocycles. The lowest BCUT2D eigenvalue weighted by Crippen LogP contribution is -2.09. The molecule has 0 fully saturated rings. The predicted molar refractivity (Wildman–Crippen MR) is 52.5 cm³/mol. The van der Waals surface area contributed by atoms with Crippen molar-refractivity contribution in [2.24, 2.45) is 0 Å². The summed E-state index contributed by atoms with van der Waals surface area (Å²) in [7, 11) is 1.40. The number of ether oxygens (including phenoxy) is 1. The van der Waals surface area contributed by atoms with Crippen LogP contribution in [0.1, 0.15) is 17.7 Å². The monoisotopic (exact) mass is 248 g/mol. The normalized spacial score (nSPS) is 12.6. The van der Waals surface area contributed by atoms with Gasteiger partial charge in [-0.2, -0.15) is 0 Å². The van der Waals surface area contributed by atoms with Crippen molar-refractivity contribution in [2.75, 3.05) is 7.11 Å². The van der Waals surface area contributed by atoms with Gasteiger partial charge in [0.1, 0.15) is 0 Å². The zero-order chi connectivity index (χ0) is 9.14. The van der Waals surface area contributed by atoms with Crippen LogP contribution in [0.5, 0.6) is 0 Å². The molecule has 4 heteroatoms. The molecule has 66 valence electrons. The molecule has 1 atom stereocenters. The van der Waals surface area contributed by atoms with E-state index in [2.05, 4.69) is 20.7 Å². The highest BCUT2D eigenvalue weighted by molar-refractivity contribution is 9.10. The zero-order valence-electron chi connectivity index (χ0n) is 6.83. The van der Waals surface area contributed by atoms with E-state index in [1.807, 2.05) is 18.4 Å². The SMILES string of the molecule is COC(=O)C(C)c1sccc1Br. The van der Waals surface area contributed by atoms with Crippen molar-refractivity contribution in [3.8, 4) is 0 Å². The van der Waals surface area contributed by atoms with E-state index in [0.29, 0.717) is 0 Å². The number of thiophene rings is 1. The van der Waals surface area contributed by atoms with E-state index in [1.54, 1.807) is 11.3 Å². The Morgan fingerprint density at radius 1 is 1.75 bits per heavy atom. The smallest absolute Gasteiger partial charge is 0.313 e. The van der Waals surface area contributed by atoms with Crippen LogP contribution in [-0.2, 0) is 9.53 Å². The third-order valence-corrected chi connectivity index (χ3v) is 3.65. The maximum absolute atomic E-state index is 11.1. The molecule has 1 rings (SSSR count). The van der Waals surface area contributed by atoms with Gasteiger partial charge in [0, 0.05) is 9.35 Å². The van der Waals surface area contributed by atoms with Crippen molar-refractivity contribution in [1.82, 2.24) is 0 Å². The highest BCUT2D eigenvalue weighted by Gasteiger charge is 2.18. The molecule has 1 unspecified atom stereocenters. The average molecular weight is 249 g/mol. The second-order valence-electron chi connectivity index (χ2n) is 2.38. The van der Waals surface area contributed by atoms with E-state index in [9.17, 15) is 4.79 Å². The quantitative estimate of drug-likeness (QED) is 0.753. The summed E-state index contributed by atoms with van der Waals surface area (Å²) in [6.07, 6.45) is 0. The van der Waals surface area contributed by atoms with Crippen LogP contribution < -0.4 is 0 Å². The van der Waals surface area contributed by atoms with Crippen LogP contribution in [-0.4, -0.2) is 13.1 Å². The summed E-state index contributed by atoms with van der Waals surface area (Å²) < 4.78 is 5.61. The molecule has 0 spiro atoms. The van der Waals surface area contributed by atoms with Gasteiger partial charge in [0.05, 0.1) is 13.0 Å². The molecule has 0 radical (unpaired) electrons. The first-order valence-electron chi connectivity index (χ1n) is 3.47. The first-order valence-corrected chi connectivity index (χ1v) is 5.14. The number of hydrogen-bond donors (Lipinski definition) is 0. The van der Waals surface area contributed by atoms with Crippen molar-refractivity contribution >= 4 is 33.2 Å². The summed E-state index contributed by atoms with van der Waals surface area (Å²) in [5, 5.41) is 1.94. The van der Waals surface area contributed by atoms with Crippen molar-refractivity contribution in [1.29, 1.82) is 0 Å². The van der Waals surface area contributed by atoms with Crippen molar-refractivity contribution in [3.63, 3.8) is 0 Å². The van der Waals surface area contributed by atoms with E-state index < -0.39 is 0 Å². The molecule has 0 amide bonds. The predicted octanol–water partition coefficient (Wildman–Crippen LogP) is 2.79. The van der Waals surface area contributed by atoms with Crippen molar-refractivity contribution < 1.29 is 9.53 Å². The molecular weight excluding hydrogens is 240 g/mol. The topological polar surface area (TPSA) is 26.3 Å². The van der Waals surface area contributed by atoms with Crippen LogP contribution in [0.15, 0.2) is 15.9 Å². The molecule has 0 aliphatic rings. The van der Waals surface area contributed by atoms with Gasteiger partial charge in [-0.05, 0) is 34.3 Å². The van der Waals surface area contributed by atoms with Gasteiger partial charge < -0.3 is 4.74 Å². The Kier molecular flexibility index (Phi) is 3.29. The van der Waals surface area contributed by atoms with Crippen LogP contribution in [0.4, 0.5) is 0 Å². The Balaban J connectivity index is 2.84. The van der Waals surface area contributed by atoms with Gasteiger partial charge >= 0.3 is 5.97 Å². The van der Waals surface area contributed by atoms with Gasteiger partial charge in [-0.1, -0.05) is 0 Å². The summed E-state index contributed by atoms with van der Waals surface area (Å²) in [4.78, 5) is 12.1. The van der Waals surface area contributed by atoms with Crippen molar-refractivity contribution in [2.45, 2.75) is 12.8 Å². The van der Waals surface area contributed by atoms with Crippen LogP contribution in [0.2, 0.25) is 0 Å². The first kappa shape index (κ1) is 9.74. The molecule has 1 heterocycles. The fraction of sp³-hybridized carbons (Fsp3) is 0.375. The fourth-order valence-corrected chi connectivity index (χ4v) is 2.66. The van der Waals surface area contributed by atoms with Gasteiger partial charge in [-0.25, -0.2) is 0 Å². The molecule has 0 saturated carbocycles. The van der Waals surface area contributed by atoms with Crippen LogP contribution in [0, 0.1) is 0 Å². The molecule has 2 nitrogen and oxygen atoms in total. The number of hydrogen-bond acceptors (Lipinski definition) is 3. The van der Waals surface area contributed by atoms with Crippen LogP contribution in [0.25, 0.3) is 0 Å². The molecule has 0 aliphatic heterocycles. The Bertz CT molecular complexity index is 282. The highest BCUT2D eigenvalue weighted by Crippen LogP contribution is 2.30. The maximum Gasteiger partial charge on any atom is 0.313 e. The lowest BCUT2D eigenvalue weighted by atomic mass is 10.1. The maximum atomic E-state index is 11.1. The number of halogens is 1. The lowest BCUT2D eigenvalue weighted by molar-refractivity contribution is -0.141. The molecule has 0 aromatic carbocycles. The molecule has 0 bridgehead atoms. The summed E-state index contributed by atoms with van der Waals surface area (Å²) in [6, 6.07) is 1.93. The van der Waals surface area contributed by atoms with Crippen LogP contribution >= 0.6 is 27.3 Å². The number of carbonyl (C=O) groups is 1. The standard InChI is InChI=1S/C8H9BrO2S/c1-5(8(10)11-2)7-6(9)3-4-12-7/h3-5H,1-2H3. The van der Waals surface area contributed by atoms with E-state index in [0.717, 1.165) is 9.35 Å². The number of rotatable bonds is 2. The lowest BCUT2D eigenvalue weighted by Gasteiger charge is -2.06. The molecular formula is C8H9BrO2S. The van der Waals surface area contributed by atoms with Gasteiger partial charge in [0.2, 0.25) is 0 Å². The minimum Gasteiger partial charge on any atom is -0.469 e. The average Bonchev–Trinajstić information content (AvgIpc) is 2.48. The van der Waals surface area contributed by atoms with Gasteiger partial charge in [0.25, 0.3) is 0 Å². The second kappa shape index (κ2) is 4.05. The molecule has 0 aliphatic carbocycles. The Morgan fingerprint density at radius 2 is 2.42 bits per heavy atom. The minimum atomic E-state index is -0.196. The first-order chi connectivity index (χ1) is 5.66. The summed E-state index contributed by atoms with van der Waals surface area (Å²) in [6.45, 7) is 1.84. The van der Waals surface area contributed by atoms with E-state index >= 15 is 0 Å². The van der Waals surface area contributed by atoms with E-state index in [1.165, 1.54) is 7.11 Å². The molecule has 0 N–H and O–H groups in total. The number of carbonyl (C=O) groups excluding carboxylic acids is 1. The van der Waals surface area contributed by atoms with Crippen molar-refractivity contribution in [3.05, 3.63) is 20.8 Å². The molecule has 1 aromatic heterocycles. The molecule has 1 aromatic rings. The largest absolute Gasteiger partial charge is 0.469 e. The third-order valence-electron chi connectivity index (χ3n) is 1.59. The number of esters is 1. The Morgan fingerprint density at radius 3 is 2.83 bits per heavy atom.